The second-order valence-corrected chi connectivity index (χ2v) is 7.09. The summed E-state index contributed by atoms with van der Waals surface area (Å²) < 4.78 is 28.8. The van der Waals surface area contributed by atoms with Crippen LogP contribution in [-0.2, 0) is 19.3 Å². The Labute approximate surface area is 170 Å². The van der Waals surface area contributed by atoms with Gasteiger partial charge in [-0.2, -0.15) is 8.78 Å². The lowest BCUT2D eigenvalue weighted by Crippen LogP contribution is -2.01. The molecule has 0 saturated carbocycles. The van der Waals surface area contributed by atoms with Crippen LogP contribution in [0, 0.1) is 0 Å². The van der Waals surface area contributed by atoms with Crippen molar-refractivity contribution in [3.63, 3.8) is 0 Å². The van der Waals surface area contributed by atoms with E-state index in [2.05, 4.69) is 33.8 Å². The summed E-state index contributed by atoms with van der Waals surface area (Å²) in [7, 11) is 0. The molecular formula is C24H26F2N2O. The van der Waals surface area contributed by atoms with E-state index in [1.54, 1.807) is 12.1 Å². The number of aryl methyl sites for hydroxylation is 3. The highest BCUT2D eigenvalue weighted by Crippen LogP contribution is 2.19. The summed E-state index contributed by atoms with van der Waals surface area (Å²) in [5.74, 6) is 0.926. The van der Waals surface area contributed by atoms with Crippen LogP contribution in [0.1, 0.15) is 42.9 Å². The van der Waals surface area contributed by atoms with E-state index in [0.717, 1.165) is 36.2 Å². The molecule has 0 saturated heterocycles. The Morgan fingerprint density at radius 2 is 1.34 bits per heavy atom. The molecule has 0 bridgehead atoms. The van der Waals surface area contributed by atoms with Crippen LogP contribution < -0.4 is 4.74 Å². The van der Waals surface area contributed by atoms with Crippen LogP contribution in [0.5, 0.6) is 5.75 Å². The minimum atomic E-state index is -2.79. The van der Waals surface area contributed by atoms with Crippen LogP contribution in [0.25, 0.3) is 11.4 Å². The summed E-state index contributed by atoms with van der Waals surface area (Å²) in [6, 6.07) is 15.1. The van der Waals surface area contributed by atoms with Gasteiger partial charge in [0.1, 0.15) is 5.75 Å². The molecule has 0 aliphatic heterocycles. The summed E-state index contributed by atoms with van der Waals surface area (Å²) >= 11 is 0. The first-order chi connectivity index (χ1) is 14.1. The minimum absolute atomic E-state index is 0.185. The van der Waals surface area contributed by atoms with E-state index in [1.165, 1.54) is 30.4 Å². The molecule has 2 aromatic carbocycles. The monoisotopic (exact) mass is 396 g/mol. The maximum atomic E-state index is 12.2. The van der Waals surface area contributed by atoms with Crippen LogP contribution in [-0.4, -0.2) is 16.6 Å². The lowest BCUT2D eigenvalue weighted by molar-refractivity contribution is -0.0498. The molecule has 3 rings (SSSR count). The Kier molecular flexibility index (Phi) is 7.68. The first-order valence-electron chi connectivity index (χ1n) is 10.1. The number of alkyl halides is 2. The van der Waals surface area contributed by atoms with Crippen LogP contribution in [0.2, 0.25) is 0 Å². The maximum Gasteiger partial charge on any atom is 0.387 e. The van der Waals surface area contributed by atoms with Gasteiger partial charge in [-0.05, 0) is 54.5 Å². The second kappa shape index (κ2) is 10.6. The lowest BCUT2D eigenvalue weighted by Gasteiger charge is -2.07. The van der Waals surface area contributed by atoms with E-state index in [-0.39, 0.29) is 5.75 Å². The molecule has 0 aliphatic carbocycles. The van der Waals surface area contributed by atoms with Crippen molar-refractivity contribution in [2.45, 2.75) is 52.1 Å². The van der Waals surface area contributed by atoms with Gasteiger partial charge in [-0.15, -0.1) is 0 Å². The average Bonchev–Trinajstić information content (AvgIpc) is 2.74. The van der Waals surface area contributed by atoms with E-state index < -0.39 is 6.61 Å². The van der Waals surface area contributed by atoms with Crippen molar-refractivity contribution in [1.29, 1.82) is 0 Å². The fraction of sp³-hybridized carbons (Fsp3) is 0.333. The smallest absolute Gasteiger partial charge is 0.387 e. The first kappa shape index (κ1) is 20.9. The van der Waals surface area contributed by atoms with E-state index in [1.807, 2.05) is 36.7 Å². The van der Waals surface area contributed by atoms with Gasteiger partial charge in [0.2, 0.25) is 0 Å². The van der Waals surface area contributed by atoms with Crippen molar-refractivity contribution >= 4 is 0 Å². The Hall–Kier alpha value is -2.82. The van der Waals surface area contributed by atoms with Gasteiger partial charge in [0, 0.05) is 18.0 Å². The zero-order chi connectivity index (χ0) is 20.5. The fourth-order valence-corrected chi connectivity index (χ4v) is 3.16. The third-order valence-electron chi connectivity index (χ3n) is 4.84. The standard InChI is InChI=1S/C24H26F2N2O/c1-2-3-4-5-20-16-27-23(28-17-20)21-12-8-18(9-13-21)6-7-19-10-14-22(15-11-19)29-24(25)26/h8-17,24H,2-7H2,1H3. The zero-order valence-corrected chi connectivity index (χ0v) is 16.7. The zero-order valence-electron chi connectivity index (χ0n) is 16.7. The average molecular weight is 396 g/mol. The molecular weight excluding hydrogens is 370 g/mol. The Balaban J connectivity index is 1.53. The van der Waals surface area contributed by atoms with E-state index >= 15 is 0 Å². The normalized spacial score (nSPS) is 11.0. The topological polar surface area (TPSA) is 35.0 Å². The third-order valence-corrected chi connectivity index (χ3v) is 4.84. The molecule has 1 aromatic heterocycles. The molecule has 5 heteroatoms. The van der Waals surface area contributed by atoms with Crippen LogP contribution in [0.4, 0.5) is 8.78 Å². The molecule has 3 nitrogen and oxygen atoms in total. The minimum Gasteiger partial charge on any atom is -0.435 e. The first-order valence-corrected chi connectivity index (χ1v) is 10.1. The number of ether oxygens (including phenoxy) is 1. The number of hydrogen-bond donors (Lipinski definition) is 0. The molecule has 0 fully saturated rings. The van der Waals surface area contributed by atoms with Crippen LogP contribution in [0.15, 0.2) is 60.9 Å². The predicted molar refractivity (Wildman–Crippen MR) is 111 cm³/mol. The fourth-order valence-electron chi connectivity index (χ4n) is 3.16. The van der Waals surface area contributed by atoms with Gasteiger partial charge in [-0.25, -0.2) is 9.97 Å². The number of halogens is 2. The molecule has 152 valence electrons. The van der Waals surface area contributed by atoms with E-state index in [9.17, 15) is 8.78 Å². The SMILES string of the molecule is CCCCCc1cnc(-c2ccc(CCc3ccc(OC(F)F)cc3)cc2)nc1. The molecule has 0 aliphatic rings. The Bertz CT molecular complexity index is 863. The van der Waals surface area contributed by atoms with E-state index in [4.69, 9.17) is 0 Å². The molecule has 0 amide bonds. The third kappa shape index (κ3) is 6.63. The van der Waals surface area contributed by atoms with Crippen molar-refractivity contribution in [3.8, 4) is 17.1 Å². The quantitative estimate of drug-likeness (QED) is 0.379. The van der Waals surface area contributed by atoms with Gasteiger partial charge in [0.05, 0.1) is 0 Å². The van der Waals surface area contributed by atoms with Crippen LogP contribution in [0.3, 0.4) is 0 Å². The molecule has 3 aromatic rings. The molecule has 0 N–H and O–H groups in total. The van der Waals surface area contributed by atoms with E-state index in [0.29, 0.717) is 0 Å². The largest absolute Gasteiger partial charge is 0.435 e. The Morgan fingerprint density at radius 3 is 1.90 bits per heavy atom. The summed E-state index contributed by atoms with van der Waals surface area (Å²) in [6.45, 7) is -0.592. The van der Waals surface area contributed by atoms with Crippen molar-refractivity contribution < 1.29 is 13.5 Å². The molecule has 0 spiro atoms. The predicted octanol–water partition coefficient (Wildman–Crippen LogP) is 6.26. The van der Waals surface area contributed by atoms with Gasteiger partial charge in [-0.1, -0.05) is 56.2 Å². The van der Waals surface area contributed by atoms with Gasteiger partial charge < -0.3 is 4.74 Å². The number of rotatable bonds is 10. The molecule has 1 heterocycles. The van der Waals surface area contributed by atoms with Crippen molar-refractivity contribution in [2.75, 3.05) is 0 Å². The highest BCUT2D eigenvalue weighted by atomic mass is 19.3. The number of nitrogens with zero attached hydrogens (tertiary/aromatic N) is 2. The maximum absolute atomic E-state index is 12.2. The summed E-state index contributed by atoms with van der Waals surface area (Å²) in [6.07, 6.45) is 10.2. The van der Waals surface area contributed by atoms with Crippen molar-refractivity contribution in [2.24, 2.45) is 0 Å². The Morgan fingerprint density at radius 1 is 0.759 bits per heavy atom. The summed E-state index contributed by atoms with van der Waals surface area (Å²) in [4.78, 5) is 9.01. The highest BCUT2D eigenvalue weighted by molar-refractivity contribution is 5.55. The van der Waals surface area contributed by atoms with Crippen molar-refractivity contribution in [3.05, 3.63) is 77.6 Å². The number of benzene rings is 2. The van der Waals surface area contributed by atoms with Gasteiger partial charge in [-0.3, -0.25) is 0 Å². The van der Waals surface area contributed by atoms with Gasteiger partial charge in [0.25, 0.3) is 0 Å². The number of unbranched alkanes of at least 4 members (excludes halogenated alkanes) is 2. The van der Waals surface area contributed by atoms with Gasteiger partial charge in [0.15, 0.2) is 5.82 Å². The van der Waals surface area contributed by atoms with Crippen molar-refractivity contribution in [1.82, 2.24) is 9.97 Å². The van der Waals surface area contributed by atoms with Gasteiger partial charge >= 0.3 is 6.61 Å². The van der Waals surface area contributed by atoms with Crippen LogP contribution >= 0.6 is 0 Å². The number of hydrogen-bond acceptors (Lipinski definition) is 3. The molecule has 0 atom stereocenters. The summed E-state index contributed by atoms with van der Waals surface area (Å²) in [5, 5.41) is 0. The number of aromatic nitrogens is 2. The second-order valence-electron chi connectivity index (χ2n) is 7.09. The molecule has 0 radical (unpaired) electrons. The summed E-state index contributed by atoms with van der Waals surface area (Å²) in [5.41, 5.74) is 4.47. The molecule has 29 heavy (non-hydrogen) atoms. The molecule has 0 unspecified atom stereocenters. The lowest BCUT2D eigenvalue weighted by atomic mass is 10.0. The highest BCUT2D eigenvalue weighted by Gasteiger charge is 2.05.